The summed E-state index contributed by atoms with van der Waals surface area (Å²) < 4.78 is 5.20. The number of hydrogen-bond acceptors (Lipinski definition) is 4. The maximum absolute atomic E-state index is 11.6. The smallest absolute Gasteiger partial charge is 0.252 e. The van der Waals surface area contributed by atoms with Gasteiger partial charge in [-0.15, -0.1) is 0 Å². The molecular formula is C14H22N2O3. The summed E-state index contributed by atoms with van der Waals surface area (Å²) in [5.41, 5.74) is 7.45. The first-order chi connectivity index (χ1) is 8.99. The van der Waals surface area contributed by atoms with Crippen LogP contribution in [0, 0.1) is 6.92 Å². The van der Waals surface area contributed by atoms with Crippen LogP contribution < -0.4 is 10.5 Å². The van der Waals surface area contributed by atoms with Gasteiger partial charge in [0.05, 0.1) is 7.11 Å². The minimum atomic E-state index is -1.11. The van der Waals surface area contributed by atoms with E-state index >= 15 is 0 Å². The molecule has 0 radical (unpaired) electrons. The minimum Gasteiger partial charge on any atom is -0.496 e. The molecule has 0 bridgehead atoms. The van der Waals surface area contributed by atoms with Gasteiger partial charge in [0, 0.05) is 20.1 Å². The van der Waals surface area contributed by atoms with Gasteiger partial charge in [-0.25, -0.2) is 0 Å². The van der Waals surface area contributed by atoms with Gasteiger partial charge < -0.3 is 20.5 Å². The highest BCUT2D eigenvalue weighted by Crippen LogP contribution is 2.18. The Balaban J connectivity index is 2.57. The van der Waals surface area contributed by atoms with Gasteiger partial charge in [-0.05, 0) is 30.5 Å². The van der Waals surface area contributed by atoms with Crippen molar-refractivity contribution in [2.45, 2.75) is 19.4 Å². The maximum Gasteiger partial charge on any atom is 0.252 e. The molecule has 0 aliphatic rings. The molecule has 5 heteroatoms. The van der Waals surface area contributed by atoms with Crippen LogP contribution in [0.15, 0.2) is 18.2 Å². The average molecular weight is 266 g/mol. The summed E-state index contributed by atoms with van der Waals surface area (Å²) in [4.78, 5) is 13.1. The van der Waals surface area contributed by atoms with Crippen molar-refractivity contribution in [3.8, 4) is 5.75 Å². The van der Waals surface area contributed by atoms with Crippen LogP contribution in [0.1, 0.15) is 11.1 Å². The average Bonchev–Trinajstić information content (AvgIpc) is 2.43. The first-order valence-corrected chi connectivity index (χ1v) is 6.26. The monoisotopic (exact) mass is 266 g/mol. The molecule has 106 valence electrons. The molecule has 1 atom stereocenters. The Bertz CT molecular complexity index is 435. The fraction of sp³-hybridized carbons (Fsp3) is 0.500. The number of hydrogen-bond donors (Lipinski definition) is 2. The van der Waals surface area contributed by atoms with E-state index in [-0.39, 0.29) is 12.5 Å². The molecule has 3 N–H and O–H groups in total. The van der Waals surface area contributed by atoms with Crippen LogP contribution >= 0.6 is 0 Å². The van der Waals surface area contributed by atoms with Crippen molar-refractivity contribution in [3.05, 3.63) is 29.3 Å². The van der Waals surface area contributed by atoms with Crippen molar-refractivity contribution in [2.75, 3.05) is 27.2 Å². The van der Waals surface area contributed by atoms with Gasteiger partial charge in [-0.3, -0.25) is 4.79 Å². The molecule has 1 amide bonds. The number of benzene rings is 1. The summed E-state index contributed by atoms with van der Waals surface area (Å²) in [6.45, 7) is 2.47. The molecule has 1 aromatic rings. The first-order valence-electron chi connectivity index (χ1n) is 6.26. The van der Waals surface area contributed by atoms with Crippen LogP contribution in [0.25, 0.3) is 0 Å². The number of likely N-dealkylation sites (N-methyl/N-ethyl adjacent to an activating group) is 1. The molecule has 0 saturated heterocycles. The topological polar surface area (TPSA) is 75.8 Å². The van der Waals surface area contributed by atoms with E-state index in [1.165, 1.54) is 4.90 Å². The second-order valence-electron chi connectivity index (χ2n) is 4.57. The number of nitrogens with two attached hydrogens (primary N) is 1. The van der Waals surface area contributed by atoms with E-state index in [0.717, 1.165) is 23.3 Å². The Kier molecular flexibility index (Phi) is 5.79. The predicted octanol–water partition coefficient (Wildman–Crippen LogP) is 0.324. The molecule has 0 aliphatic carbocycles. The highest BCUT2D eigenvalue weighted by atomic mass is 16.5. The summed E-state index contributed by atoms with van der Waals surface area (Å²) in [6.07, 6.45) is -0.382. The number of amides is 1. The lowest BCUT2D eigenvalue weighted by Gasteiger charge is -2.20. The molecule has 1 aromatic carbocycles. The fourth-order valence-corrected chi connectivity index (χ4v) is 1.86. The van der Waals surface area contributed by atoms with E-state index in [2.05, 4.69) is 0 Å². The zero-order valence-corrected chi connectivity index (χ0v) is 11.7. The van der Waals surface area contributed by atoms with Gasteiger partial charge in [-0.2, -0.15) is 0 Å². The molecule has 0 heterocycles. The number of rotatable bonds is 6. The molecule has 0 fully saturated rings. The molecule has 5 nitrogen and oxygen atoms in total. The number of carbonyl (C=O) groups is 1. The molecule has 1 rings (SSSR count). The Morgan fingerprint density at radius 2 is 2.21 bits per heavy atom. The number of nitrogens with zero attached hydrogens (tertiary/aromatic N) is 1. The number of methoxy groups -OCH3 is 1. The number of ether oxygens (including phenoxy) is 1. The largest absolute Gasteiger partial charge is 0.496 e. The number of carbonyl (C=O) groups excluding carboxylic acids is 1. The van der Waals surface area contributed by atoms with E-state index in [4.69, 9.17) is 10.5 Å². The van der Waals surface area contributed by atoms with Crippen LogP contribution in [0.2, 0.25) is 0 Å². The van der Waals surface area contributed by atoms with Gasteiger partial charge in [0.15, 0.2) is 0 Å². The second kappa shape index (κ2) is 7.11. The maximum atomic E-state index is 11.6. The third-order valence-electron chi connectivity index (χ3n) is 3.08. The summed E-state index contributed by atoms with van der Waals surface area (Å²) in [7, 11) is 3.31. The zero-order valence-electron chi connectivity index (χ0n) is 11.7. The predicted molar refractivity (Wildman–Crippen MR) is 74.1 cm³/mol. The Morgan fingerprint density at radius 1 is 1.53 bits per heavy atom. The lowest BCUT2D eigenvalue weighted by atomic mass is 10.1. The van der Waals surface area contributed by atoms with Crippen LogP contribution in [-0.2, 0) is 11.2 Å². The van der Waals surface area contributed by atoms with Crippen molar-refractivity contribution in [2.24, 2.45) is 5.73 Å². The van der Waals surface area contributed by atoms with Crippen LogP contribution in [0.5, 0.6) is 5.75 Å². The van der Waals surface area contributed by atoms with Crippen LogP contribution in [0.4, 0.5) is 0 Å². The van der Waals surface area contributed by atoms with E-state index in [9.17, 15) is 9.90 Å². The fourth-order valence-electron chi connectivity index (χ4n) is 1.86. The summed E-state index contributed by atoms with van der Waals surface area (Å²) in [5.74, 6) is 0.513. The molecule has 0 aromatic heterocycles. The first kappa shape index (κ1) is 15.5. The minimum absolute atomic E-state index is 0.0508. The van der Waals surface area contributed by atoms with Gasteiger partial charge >= 0.3 is 0 Å². The molecular weight excluding hydrogens is 244 g/mol. The molecule has 0 spiro atoms. The lowest BCUT2D eigenvalue weighted by Crippen LogP contribution is -2.41. The third kappa shape index (κ3) is 4.22. The number of aliphatic hydroxyl groups is 1. The van der Waals surface area contributed by atoms with Crippen LogP contribution in [0.3, 0.4) is 0 Å². The quantitative estimate of drug-likeness (QED) is 0.777. The van der Waals surface area contributed by atoms with Crippen molar-refractivity contribution in [1.82, 2.24) is 4.90 Å². The molecule has 1 unspecified atom stereocenters. The third-order valence-corrected chi connectivity index (χ3v) is 3.08. The SMILES string of the molecule is COc1ccc(CCN(C)C(=O)C(O)CN)cc1C. The number of aryl methyl sites for hydroxylation is 1. The van der Waals surface area contributed by atoms with Crippen molar-refractivity contribution in [1.29, 1.82) is 0 Å². The van der Waals surface area contributed by atoms with Gasteiger partial charge in [0.2, 0.25) is 0 Å². The number of aliphatic hydroxyl groups excluding tert-OH is 1. The lowest BCUT2D eigenvalue weighted by molar-refractivity contribution is -0.138. The Morgan fingerprint density at radius 3 is 2.74 bits per heavy atom. The Hall–Kier alpha value is -1.59. The second-order valence-corrected chi connectivity index (χ2v) is 4.57. The van der Waals surface area contributed by atoms with Gasteiger partial charge in [-0.1, -0.05) is 12.1 Å². The zero-order chi connectivity index (χ0) is 14.4. The Labute approximate surface area is 114 Å². The van der Waals surface area contributed by atoms with E-state index < -0.39 is 6.10 Å². The molecule has 19 heavy (non-hydrogen) atoms. The van der Waals surface area contributed by atoms with Crippen LogP contribution in [-0.4, -0.2) is 49.3 Å². The standard InChI is InChI=1S/C14H22N2O3/c1-10-8-11(4-5-13(10)19-3)6-7-16(2)14(18)12(17)9-15/h4-5,8,12,17H,6-7,9,15H2,1-3H3. The van der Waals surface area contributed by atoms with Crippen molar-refractivity contribution in [3.63, 3.8) is 0 Å². The molecule has 0 saturated carbocycles. The van der Waals surface area contributed by atoms with E-state index in [1.807, 2.05) is 25.1 Å². The van der Waals surface area contributed by atoms with Crippen molar-refractivity contribution < 1.29 is 14.6 Å². The summed E-state index contributed by atoms with van der Waals surface area (Å²) >= 11 is 0. The summed E-state index contributed by atoms with van der Waals surface area (Å²) in [6, 6.07) is 5.93. The highest BCUT2D eigenvalue weighted by Gasteiger charge is 2.17. The van der Waals surface area contributed by atoms with E-state index in [0.29, 0.717) is 6.54 Å². The normalized spacial score (nSPS) is 12.1. The van der Waals surface area contributed by atoms with E-state index in [1.54, 1.807) is 14.2 Å². The van der Waals surface area contributed by atoms with Gasteiger partial charge in [0.25, 0.3) is 5.91 Å². The molecule has 0 aliphatic heterocycles. The van der Waals surface area contributed by atoms with Gasteiger partial charge in [0.1, 0.15) is 11.9 Å². The summed E-state index contributed by atoms with van der Waals surface area (Å²) in [5, 5.41) is 9.37. The van der Waals surface area contributed by atoms with Crippen molar-refractivity contribution >= 4 is 5.91 Å². The highest BCUT2D eigenvalue weighted by molar-refractivity contribution is 5.80.